The van der Waals surface area contributed by atoms with Crippen LogP contribution >= 0.6 is 0 Å². The fourth-order valence-corrected chi connectivity index (χ4v) is 9.39. The lowest BCUT2D eigenvalue weighted by Crippen LogP contribution is -2.63. The number of hydrogen-bond acceptors (Lipinski definition) is 2. The fraction of sp³-hybridized carbons (Fsp3) is 1.00. The van der Waals surface area contributed by atoms with Gasteiger partial charge in [-0.25, -0.2) is 0 Å². The Kier molecular flexibility index (Phi) is 5.95. The van der Waals surface area contributed by atoms with Crippen LogP contribution in [-0.4, -0.2) is 16.0 Å². The molecule has 4 aliphatic carbocycles. The van der Waals surface area contributed by atoms with Crippen LogP contribution in [0.1, 0.15) is 112 Å². The normalized spacial score (nSPS) is 47.4. The van der Waals surface area contributed by atoms with Gasteiger partial charge in [0.05, 0.1) is 0 Å². The molecule has 2 N–H and O–H groups in total. The summed E-state index contributed by atoms with van der Waals surface area (Å²) in [6.07, 6.45) is 14.9. The van der Waals surface area contributed by atoms with Gasteiger partial charge < -0.3 is 10.2 Å². The van der Waals surface area contributed by atoms with Crippen molar-refractivity contribution in [2.24, 2.45) is 52.3 Å². The zero-order valence-corrected chi connectivity index (χ0v) is 19.9. The Labute approximate surface area is 180 Å². The van der Waals surface area contributed by atoms with E-state index in [0.717, 1.165) is 36.0 Å². The second-order valence-electron chi connectivity index (χ2n) is 12.7. The van der Waals surface area contributed by atoms with Crippen LogP contribution in [0.3, 0.4) is 0 Å². The minimum absolute atomic E-state index is 0.281. The zero-order valence-electron chi connectivity index (χ0n) is 19.9. The Balaban J connectivity index is 1.51. The molecule has 4 fully saturated rings. The highest BCUT2D eigenvalue weighted by Crippen LogP contribution is 2.69. The largest absolute Gasteiger partial charge is 0.365 e. The van der Waals surface area contributed by atoms with Gasteiger partial charge in [0.25, 0.3) is 0 Å². The highest BCUT2D eigenvalue weighted by Gasteiger charge is 2.65. The standard InChI is InChI=1S/C27H48O2/c1-18(2)8-6-9-19(3)22-13-14-23-21-12-11-20-10-7-16-27(28,29)26(20,5)24(21)15-17-25(22,23)4/h18-24,28-29H,6-17H2,1-5H3/t19-,20+,21+,22-,23-,24-,25+,26-/m0/s1. The second kappa shape index (κ2) is 7.80. The first-order chi connectivity index (χ1) is 13.6. The molecule has 4 saturated carbocycles. The number of fused-ring (bicyclic) bond motifs is 5. The number of aliphatic hydroxyl groups is 2. The van der Waals surface area contributed by atoms with Crippen molar-refractivity contribution in [2.75, 3.05) is 0 Å². The van der Waals surface area contributed by atoms with E-state index in [9.17, 15) is 10.2 Å². The summed E-state index contributed by atoms with van der Waals surface area (Å²) in [7, 11) is 0. The highest BCUT2D eigenvalue weighted by molar-refractivity contribution is 5.12. The highest BCUT2D eigenvalue weighted by atomic mass is 16.5. The molecule has 0 radical (unpaired) electrons. The number of rotatable bonds is 5. The molecule has 2 heteroatoms. The molecule has 0 saturated heterocycles. The van der Waals surface area contributed by atoms with Gasteiger partial charge in [0.2, 0.25) is 0 Å². The second-order valence-corrected chi connectivity index (χ2v) is 12.7. The van der Waals surface area contributed by atoms with Gasteiger partial charge in [-0.2, -0.15) is 0 Å². The van der Waals surface area contributed by atoms with Crippen LogP contribution in [0.15, 0.2) is 0 Å². The van der Waals surface area contributed by atoms with Crippen molar-refractivity contribution in [3.63, 3.8) is 0 Å². The summed E-state index contributed by atoms with van der Waals surface area (Å²) in [6.45, 7) is 12.1. The summed E-state index contributed by atoms with van der Waals surface area (Å²) < 4.78 is 0. The molecule has 168 valence electrons. The summed E-state index contributed by atoms with van der Waals surface area (Å²) in [5.74, 6) is 3.67. The van der Waals surface area contributed by atoms with Crippen molar-refractivity contribution in [1.29, 1.82) is 0 Å². The third-order valence-corrected chi connectivity index (χ3v) is 11.0. The quantitative estimate of drug-likeness (QED) is 0.495. The van der Waals surface area contributed by atoms with E-state index in [1.54, 1.807) is 0 Å². The van der Waals surface area contributed by atoms with Gasteiger partial charge in [0.1, 0.15) is 0 Å². The SMILES string of the molecule is CC(C)CCC[C@H](C)[C@@H]1CC[C@H]2[C@H]3CC[C@H]4CCCC(O)(O)[C@]4(C)[C@H]3CC[C@@]21C. The molecule has 0 aromatic rings. The van der Waals surface area contributed by atoms with E-state index in [-0.39, 0.29) is 5.41 Å². The molecule has 4 aliphatic rings. The minimum Gasteiger partial charge on any atom is -0.365 e. The van der Waals surface area contributed by atoms with Gasteiger partial charge in [0, 0.05) is 11.8 Å². The Hall–Kier alpha value is -0.0800. The molecule has 0 amide bonds. The van der Waals surface area contributed by atoms with Crippen LogP contribution < -0.4 is 0 Å². The summed E-state index contributed by atoms with van der Waals surface area (Å²) in [5.41, 5.74) is 0.209. The Morgan fingerprint density at radius 2 is 1.59 bits per heavy atom. The Morgan fingerprint density at radius 3 is 2.31 bits per heavy atom. The molecule has 8 atom stereocenters. The molecule has 0 spiro atoms. The van der Waals surface area contributed by atoms with Crippen LogP contribution in [0.4, 0.5) is 0 Å². The van der Waals surface area contributed by atoms with E-state index >= 15 is 0 Å². The summed E-state index contributed by atoms with van der Waals surface area (Å²) in [6, 6.07) is 0. The third-order valence-electron chi connectivity index (χ3n) is 11.0. The van der Waals surface area contributed by atoms with E-state index in [4.69, 9.17) is 0 Å². The van der Waals surface area contributed by atoms with Crippen molar-refractivity contribution < 1.29 is 10.2 Å². The maximum Gasteiger partial charge on any atom is 0.168 e. The molecular formula is C27H48O2. The van der Waals surface area contributed by atoms with Gasteiger partial charge in [-0.3, -0.25) is 0 Å². The van der Waals surface area contributed by atoms with Gasteiger partial charge in [-0.1, -0.05) is 53.9 Å². The average molecular weight is 405 g/mol. The molecule has 29 heavy (non-hydrogen) atoms. The van der Waals surface area contributed by atoms with E-state index in [1.807, 2.05) is 0 Å². The monoisotopic (exact) mass is 404 g/mol. The third kappa shape index (κ3) is 3.43. The maximum atomic E-state index is 11.1. The lowest BCUT2D eigenvalue weighted by molar-refractivity contribution is -0.313. The molecule has 0 aliphatic heterocycles. The summed E-state index contributed by atoms with van der Waals surface area (Å²) in [5, 5.41) is 22.2. The zero-order chi connectivity index (χ0) is 21.0. The van der Waals surface area contributed by atoms with Crippen LogP contribution in [0.25, 0.3) is 0 Å². The Morgan fingerprint density at radius 1 is 0.828 bits per heavy atom. The first-order valence-corrected chi connectivity index (χ1v) is 13.1. The predicted molar refractivity (Wildman–Crippen MR) is 120 cm³/mol. The van der Waals surface area contributed by atoms with Crippen molar-refractivity contribution in [1.82, 2.24) is 0 Å². The molecule has 0 heterocycles. The van der Waals surface area contributed by atoms with E-state index < -0.39 is 5.79 Å². The molecule has 0 bridgehead atoms. The van der Waals surface area contributed by atoms with Gasteiger partial charge in [-0.15, -0.1) is 0 Å². The Bertz CT molecular complexity index is 583. The average Bonchev–Trinajstić information content (AvgIpc) is 2.99. The topological polar surface area (TPSA) is 40.5 Å². The first kappa shape index (κ1) is 22.1. The van der Waals surface area contributed by atoms with Crippen molar-refractivity contribution in [3.8, 4) is 0 Å². The van der Waals surface area contributed by atoms with Crippen molar-refractivity contribution in [3.05, 3.63) is 0 Å². The molecule has 2 nitrogen and oxygen atoms in total. The summed E-state index contributed by atoms with van der Waals surface area (Å²) >= 11 is 0. The maximum absolute atomic E-state index is 11.1. The molecule has 4 rings (SSSR count). The van der Waals surface area contributed by atoms with Crippen molar-refractivity contribution in [2.45, 2.75) is 117 Å². The van der Waals surface area contributed by atoms with Gasteiger partial charge in [0.15, 0.2) is 5.79 Å². The van der Waals surface area contributed by atoms with E-state index in [2.05, 4.69) is 34.6 Å². The van der Waals surface area contributed by atoms with Gasteiger partial charge in [-0.05, 0) is 98.2 Å². The molecular weight excluding hydrogens is 356 g/mol. The predicted octanol–water partition coefficient (Wildman–Crippen LogP) is 6.79. The van der Waals surface area contributed by atoms with E-state index in [1.165, 1.54) is 64.2 Å². The van der Waals surface area contributed by atoms with Gasteiger partial charge >= 0.3 is 0 Å². The van der Waals surface area contributed by atoms with E-state index in [0.29, 0.717) is 23.7 Å². The van der Waals surface area contributed by atoms with Crippen LogP contribution in [0.2, 0.25) is 0 Å². The van der Waals surface area contributed by atoms with Crippen molar-refractivity contribution >= 4 is 0 Å². The first-order valence-electron chi connectivity index (χ1n) is 13.1. The lowest BCUT2D eigenvalue weighted by Gasteiger charge is -2.63. The summed E-state index contributed by atoms with van der Waals surface area (Å²) in [4.78, 5) is 0. The van der Waals surface area contributed by atoms with Crippen LogP contribution in [-0.2, 0) is 0 Å². The number of hydrogen-bond donors (Lipinski definition) is 2. The molecule has 0 aromatic heterocycles. The molecule has 0 unspecified atom stereocenters. The fourth-order valence-electron chi connectivity index (χ4n) is 9.39. The van der Waals surface area contributed by atoms with Crippen LogP contribution in [0, 0.1) is 52.3 Å². The smallest absolute Gasteiger partial charge is 0.168 e. The van der Waals surface area contributed by atoms with Crippen LogP contribution in [0.5, 0.6) is 0 Å². The molecule has 0 aromatic carbocycles. The minimum atomic E-state index is -1.45. The lowest BCUT2D eigenvalue weighted by atomic mass is 9.43.